The Morgan fingerprint density at radius 3 is 2.52 bits per heavy atom. The Hall–Kier alpha value is -3.30. The lowest BCUT2D eigenvalue weighted by Gasteiger charge is -2.28. The van der Waals surface area contributed by atoms with Gasteiger partial charge in [-0.25, -0.2) is 9.59 Å². The van der Waals surface area contributed by atoms with Gasteiger partial charge in [0.2, 0.25) is 0 Å². The molecule has 0 unspecified atom stereocenters. The minimum atomic E-state index is -1.26. The summed E-state index contributed by atoms with van der Waals surface area (Å²) < 4.78 is 17.0. The summed E-state index contributed by atoms with van der Waals surface area (Å²) in [5.74, 6) is -1.68. The van der Waals surface area contributed by atoms with Crippen molar-refractivity contribution in [1.29, 1.82) is 0 Å². The fourth-order valence-electron chi connectivity index (χ4n) is 3.97. The van der Waals surface area contributed by atoms with Crippen molar-refractivity contribution in [1.82, 2.24) is 10.2 Å². The number of aromatic hydroxyl groups is 1. The SMILES string of the molecule is COc1cc(C(=O)O)c2c(c1C)OC(=O)c1c(C)cc(O)c(CN3CCNCC3)c1O2. The molecule has 1 fully saturated rings. The smallest absolute Gasteiger partial charge is 0.347 e. The summed E-state index contributed by atoms with van der Waals surface area (Å²) in [6.45, 7) is 6.81. The van der Waals surface area contributed by atoms with Crippen LogP contribution in [0.4, 0.5) is 0 Å². The van der Waals surface area contributed by atoms with Gasteiger partial charge in [-0.05, 0) is 31.5 Å². The van der Waals surface area contributed by atoms with E-state index in [9.17, 15) is 19.8 Å². The number of methoxy groups -OCH3 is 1. The second kappa shape index (κ2) is 8.09. The zero-order chi connectivity index (χ0) is 22.3. The minimum absolute atomic E-state index is 0.00929. The standard InChI is InChI=1S/C22H24N2O7/c1-11-8-15(25)14(10-24-6-4-23-5-7-24)19-17(11)22(28)31-18-12(2)16(29-3)9-13(21(26)27)20(18)30-19/h8-9,23,25H,4-7,10H2,1-3H3,(H,26,27). The van der Waals surface area contributed by atoms with Crippen LogP contribution in [0.3, 0.4) is 0 Å². The van der Waals surface area contributed by atoms with Crippen molar-refractivity contribution in [2.24, 2.45) is 0 Å². The Kier molecular flexibility index (Phi) is 5.47. The highest BCUT2D eigenvalue weighted by Crippen LogP contribution is 2.48. The fourth-order valence-corrected chi connectivity index (χ4v) is 3.97. The number of aromatic carboxylic acids is 1. The van der Waals surface area contributed by atoms with E-state index in [1.807, 2.05) is 0 Å². The molecule has 2 aromatic rings. The van der Waals surface area contributed by atoms with E-state index in [1.54, 1.807) is 13.8 Å². The highest BCUT2D eigenvalue weighted by atomic mass is 16.6. The van der Waals surface area contributed by atoms with Gasteiger partial charge in [0.1, 0.15) is 22.6 Å². The van der Waals surface area contributed by atoms with Crippen molar-refractivity contribution in [3.63, 3.8) is 0 Å². The van der Waals surface area contributed by atoms with E-state index in [1.165, 1.54) is 19.2 Å². The van der Waals surface area contributed by atoms with Crippen LogP contribution in [0, 0.1) is 13.8 Å². The highest BCUT2D eigenvalue weighted by molar-refractivity contribution is 6.00. The molecule has 2 aliphatic rings. The zero-order valence-corrected chi connectivity index (χ0v) is 17.6. The number of piperazine rings is 1. The number of hydrogen-bond donors (Lipinski definition) is 3. The van der Waals surface area contributed by atoms with Crippen LogP contribution in [0.25, 0.3) is 0 Å². The molecule has 2 heterocycles. The maximum absolute atomic E-state index is 13.1. The number of fused-ring (bicyclic) bond motifs is 2. The Labute approximate surface area is 179 Å². The van der Waals surface area contributed by atoms with Crippen molar-refractivity contribution in [2.45, 2.75) is 20.4 Å². The van der Waals surface area contributed by atoms with E-state index in [4.69, 9.17) is 14.2 Å². The van der Waals surface area contributed by atoms with Crippen molar-refractivity contribution in [3.8, 4) is 28.7 Å². The quantitative estimate of drug-likeness (QED) is 0.498. The number of ether oxygens (including phenoxy) is 3. The number of carboxylic acid groups (broad SMARTS) is 1. The monoisotopic (exact) mass is 428 g/mol. The average molecular weight is 428 g/mol. The summed E-state index contributed by atoms with van der Waals surface area (Å²) in [6.07, 6.45) is 0. The van der Waals surface area contributed by atoms with Crippen LogP contribution in [-0.2, 0) is 6.54 Å². The van der Waals surface area contributed by atoms with E-state index in [0.717, 1.165) is 26.2 Å². The van der Waals surface area contributed by atoms with Gasteiger partial charge in [-0.1, -0.05) is 0 Å². The predicted octanol–water partition coefficient (Wildman–Crippen LogP) is 2.45. The number of nitrogens with one attached hydrogen (secondary N) is 1. The second-order valence-electron chi connectivity index (χ2n) is 7.63. The molecule has 3 N–H and O–H groups in total. The van der Waals surface area contributed by atoms with Gasteiger partial charge in [0.05, 0.1) is 12.7 Å². The maximum Gasteiger partial charge on any atom is 0.347 e. The summed E-state index contributed by atoms with van der Waals surface area (Å²) in [6, 6.07) is 2.84. The van der Waals surface area contributed by atoms with Crippen LogP contribution < -0.4 is 19.5 Å². The first kappa shape index (κ1) is 21.0. The van der Waals surface area contributed by atoms with Crippen LogP contribution in [-0.4, -0.2) is 60.3 Å². The molecule has 4 rings (SSSR count). The summed E-state index contributed by atoms with van der Waals surface area (Å²) >= 11 is 0. The molecule has 0 amide bonds. The molecule has 0 aromatic heterocycles. The summed E-state index contributed by atoms with van der Waals surface area (Å²) in [7, 11) is 1.41. The van der Waals surface area contributed by atoms with Crippen molar-refractivity contribution in [2.75, 3.05) is 33.3 Å². The molecular formula is C22H24N2O7. The number of phenols is 1. The molecule has 0 radical (unpaired) electrons. The third-order valence-corrected chi connectivity index (χ3v) is 5.64. The summed E-state index contributed by atoms with van der Waals surface area (Å²) in [4.78, 5) is 27.2. The lowest BCUT2D eigenvalue weighted by Crippen LogP contribution is -2.43. The molecule has 2 aliphatic heterocycles. The van der Waals surface area contributed by atoms with Gasteiger partial charge < -0.3 is 29.7 Å². The number of aryl methyl sites for hydroxylation is 1. The van der Waals surface area contributed by atoms with Crippen LogP contribution in [0.15, 0.2) is 12.1 Å². The number of nitrogens with zero attached hydrogens (tertiary/aromatic N) is 1. The van der Waals surface area contributed by atoms with Crippen molar-refractivity contribution >= 4 is 11.9 Å². The molecule has 2 aromatic carbocycles. The molecule has 0 saturated carbocycles. The van der Waals surface area contributed by atoms with E-state index in [0.29, 0.717) is 23.2 Å². The molecule has 0 bridgehead atoms. The van der Waals surface area contributed by atoms with Gasteiger partial charge in [0, 0.05) is 38.3 Å². The predicted molar refractivity (Wildman–Crippen MR) is 111 cm³/mol. The van der Waals surface area contributed by atoms with E-state index in [-0.39, 0.29) is 39.9 Å². The lowest BCUT2D eigenvalue weighted by atomic mass is 10.0. The summed E-state index contributed by atoms with van der Waals surface area (Å²) in [5, 5.41) is 23.7. The normalized spacial score (nSPS) is 15.9. The van der Waals surface area contributed by atoms with Crippen molar-refractivity contribution < 1.29 is 34.0 Å². The van der Waals surface area contributed by atoms with E-state index in [2.05, 4.69) is 10.2 Å². The van der Waals surface area contributed by atoms with E-state index >= 15 is 0 Å². The lowest BCUT2D eigenvalue weighted by molar-refractivity contribution is 0.0685. The zero-order valence-electron chi connectivity index (χ0n) is 17.6. The van der Waals surface area contributed by atoms with Crippen LogP contribution in [0.2, 0.25) is 0 Å². The molecule has 9 nitrogen and oxygen atoms in total. The molecule has 0 spiro atoms. The largest absolute Gasteiger partial charge is 0.507 e. The van der Waals surface area contributed by atoms with Crippen LogP contribution in [0.1, 0.15) is 37.4 Å². The highest BCUT2D eigenvalue weighted by Gasteiger charge is 2.34. The minimum Gasteiger partial charge on any atom is -0.507 e. The number of carboxylic acids is 1. The molecular weight excluding hydrogens is 404 g/mol. The second-order valence-corrected chi connectivity index (χ2v) is 7.63. The van der Waals surface area contributed by atoms with Gasteiger partial charge in [-0.3, -0.25) is 4.90 Å². The molecule has 0 aliphatic carbocycles. The van der Waals surface area contributed by atoms with Gasteiger partial charge in [0.15, 0.2) is 17.2 Å². The summed E-state index contributed by atoms with van der Waals surface area (Å²) in [5.41, 5.74) is 1.28. The van der Waals surface area contributed by atoms with Gasteiger partial charge in [-0.2, -0.15) is 0 Å². The third kappa shape index (κ3) is 3.66. The van der Waals surface area contributed by atoms with E-state index < -0.39 is 11.9 Å². The molecule has 0 atom stereocenters. The Balaban J connectivity index is 1.91. The number of rotatable bonds is 4. The molecule has 164 valence electrons. The number of phenolic OH excluding ortho intramolecular Hbond substituents is 1. The van der Waals surface area contributed by atoms with Crippen LogP contribution >= 0.6 is 0 Å². The number of carbonyl (C=O) groups excluding carboxylic acids is 1. The first-order valence-electron chi connectivity index (χ1n) is 9.95. The Morgan fingerprint density at radius 1 is 1.16 bits per heavy atom. The van der Waals surface area contributed by atoms with Gasteiger partial charge in [-0.15, -0.1) is 0 Å². The average Bonchev–Trinajstić information content (AvgIpc) is 2.89. The first-order chi connectivity index (χ1) is 14.8. The Bertz CT molecular complexity index is 1070. The number of hydrogen-bond acceptors (Lipinski definition) is 8. The van der Waals surface area contributed by atoms with Crippen molar-refractivity contribution in [3.05, 3.63) is 39.9 Å². The topological polar surface area (TPSA) is 118 Å². The van der Waals surface area contributed by atoms with Gasteiger partial charge >= 0.3 is 11.9 Å². The molecule has 31 heavy (non-hydrogen) atoms. The number of benzene rings is 2. The molecule has 9 heteroatoms. The maximum atomic E-state index is 13.1. The third-order valence-electron chi connectivity index (χ3n) is 5.64. The van der Waals surface area contributed by atoms with Gasteiger partial charge in [0.25, 0.3) is 0 Å². The fraction of sp³-hybridized carbons (Fsp3) is 0.364. The first-order valence-corrected chi connectivity index (χ1v) is 9.95. The number of carbonyl (C=O) groups is 2. The Morgan fingerprint density at radius 2 is 1.87 bits per heavy atom. The number of esters is 1. The van der Waals surface area contributed by atoms with Crippen LogP contribution in [0.5, 0.6) is 28.7 Å². The molecule has 1 saturated heterocycles.